The van der Waals surface area contributed by atoms with E-state index in [0.717, 1.165) is 28.0 Å². The molecule has 4 aromatic rings. The number of carbonyl (C=O) groups excluding carboxylic acids is 1. The van der Waals surface area contributed by atoms with Gasteiger partial charge in [-0.15, -0.1) is 0 Å². The molecular formula is C24H22N4O3. The number of hydrogen-bond donors (Lipinski definition) is 1. The normalized spacial score (nSPS) is 13.4. The Hall–Kier alpha value is -3.87. The number of aromatic nitrogens is 3. The highest BCUT2D eigenvalue weighted by molar-refractivity contribution is 6.06. The summed E-state index contributed by atoms with van der Waals surface area (Å²) in [6, 6.07) is 17.2. The fourth-order valence-electron chi connectivity index (χ4n) is 3.76. The smallest absolute Gasteiger partial charge is 0.252 e. The molecule has 1 amide bonds. The first-order chi connectivity index (χ1) is 15.1. The number of nitrogens with one attached hydrogen (secondary N) is 1. The monoisotopic (exact) mass is 414 g/mol. The Morgan fingerprint density at radius 2 is 1.94 bits per heavy atom. The molecule has 0 fully saturated rings. The fraction of sp³-hybridized carbons (Fsp3) is 0.208. The summed E-state index contributed by atoms with van der Waals surface area (Å²) in [5.74, 6) is 1.24. The molecule has 2 aromatic carbocycles. The second-order valence-corrected chi connectivity index (χ2v) is 7.43. The molecule has 1 unspecified atom stereocenters. The third-order valence-corrected chi connectivity index (χ3v) is 5.47. The number of amides is 1. The zero-order chi connectivity index (χ0) is 21.4. The molecule has 0 spiro atoms. The van der Waals surface area contributed by atoms with Crippen molar-refractivity contribution in [1.29, 1.82) is 0 Å². The quantitative estimate of drug-likeness (QED) is 0.526. The molecule has 0 saturated heterocycles. The average molecular weight is 414 g/mol. The lowest BCUT2D eigenvalue weighted by atomic mass is 10.0. The lowest BCUT2D eigenvalue weighted by Crippen LogP contribution is -2.27. The number of benzene rings is 2. The number of aryl methyl sites for hydroxylation is 1. The number of pyridine rings is 1. The third kappa shape index (κ3) is 3.48. The van der Waals surface area contributed by atoms with Gasteiger partial charge in [-0.05, 0) is 37.6 Å². The summed E-state index contributed by atoms with van der Waals surface area (Å²) in [7, 11) is 0. The van der Waals surface area contributed by atoms with Gasteiger partial charge in [-0.25, -0.2) is 9.67 Å². The third-order valence-electron chi connectivity index (χ3n) is 5.47. The zero-order valence-corrected chi connectivity index (χ0v) is 17.3. The molecule has 0 aliphatic carbocycles. The second-order valence-electron chi connectivity index (χ2n) is 7.43. The van der Waals surface area contributed by atoms with Crippen LogP contribution in [0.25, 0.3) is 22.3 Å². The van der Waals surface area contributed by atoms with E-state index in [1.54, 1.807) is 10.9 Å². The molecule has 7 heteroatoms. The molecule has 0 bridgehead atoms. The van der Waals surface area contributed by atoms with Gasteiger partial charge in [0.1, 0.15) is 0 Å². The van der Waals surface area contributed by atoms with Gasteiger partial charge in [0.15, 0.2) is 17.1 Å². The van der Waals surface area contributed by atoms with Crippen molar-refractivity contribution < 1.29 is 14.3 Å². The maximum absolute atomic E-state index is 13.3. The van der Waals surface area contributed by atoms with Crippen LogP contribution in [0, 0.1) is 0 Å². The molecule has 156 valence electrons. The Labute approximate surface area is 179 Å². The summed E-state index contributed by atoms with van der Waals surface area (Å²) in [5.41, 5.74) is 3.88. The van der Waals surface area contributed by atoms with Crippen molar-refractivity contribution in [2.75, 3.05) is 6.79 Å². The zero-order valence-electron chi connectivity index (χ0n) is 17.3. The van der Waals surface area contributed by atoms with Crippen molar-refractivity contribution in [3.8, 4) is 22.8 Å². The standard InChI is InChI=1S/C24H22N4O3/c1-3-28-23-19(13-25-28)18(12-20(27-23)16-7-5-4-6-8-16)24(29)26-15(2)17-9-10-21-22(11-17)31-14-30-21/h4-13,15H,3,14H2,1-2H3,(H,26,29). The summed E-state index contributed by atoms with van der Waals surface area (Å²) >= 11 is 0. The summed E-state index contributed by atoms with van der Waals surface area (Å²) in [6.07, 6.45) is 1.71. The van der Waals surface area contributed by atoms with Crippen LogP contribution in [0.3, 0.4) is 0 Å². The van der Waals surface area contributed by atoms with E-state index in [9.17, 15) is 4.79 Å². The topological polar surface area (TPSA) is 78.3 Å². The predicted molar refractivity (Wildman–Crippen MR) is 117 cm³/mol. The van der Waals surface area contributed by atoms with Crippen molar-refractivity contribution in [2.45, 2.75) is 26.4 Å². The van der Waals surface area contributed by atoms with Gasteiger partial charge < -0.3 is 14.8 Å². The van der Waals surface area contributed by atoms with Gasteiger partial charge >= 0.3 is 0 Å². The number of ether oxygens (including phenoxy) is 2. The number of rotatable bonds is 5. The summed E-state index contributed by atoms with van der Waals surface area (Å²) in [5, 5.41) is 8.25. The first-order valence-electron chi connectivity index (χ1n) is 10.3. The molecule has 3 heterocycles. The minimum atomic E-state index is -0.216. The highest BCUT2D eigenvalue weighted by Gasteiger charge is 2.21. The van der Waals surface area contributed by atoms with E-state index in [2.05, 4.69) is 10.4 Å². The van der Waals surface area contributed by atoms with Gasteiger partial charge in [-0.2, -0.15) is 5.10 Å². The minimum Gasteiger partial charge on any atom is -0.454 e. The Morgan fingerprint density at radius 1 is 1.13 bits per heavy atom. The molecule has 1 aliphatic rings. The van der Waals surface area contributed by atoms with Gasteiger partial charge in [0.05, 0.1) is 28.9 Å². The molecule has 31 heavy (non-hydrogen) atoms. The predicted octanol–water partition coefficient (Wildman–Crippen LogP) is 4.34. The molecular weight excluding hydrogens is 392 g/mol. The lowest BCUT2D eigenvalue weighted by Gasteiger charge is -2.16. The maximum Gasteiger partial charge on any atom is 0.252 e. The SMILES string of the molecule is CCn1ncc2c(C(=O)NC(C)c3ccc4c(c3)OCO4)cc(-c3ccccc3)nc21. The van der Waals surface area contributed by atoms with Crippen LogP contribution in [0.1, 0.15) is 35.8 Å². The Bertz CT molecular complexity index is 1270. The van der Waals surface area contributed by atoms with Gasteiger partial charge in [-0.1, -0.05) is 36.4 Å². The largest absolute Gasteiger partial charge is 0.454 e. The van der Waals surface area contributed by atoms with Crippen LogP contribution in [-0.4, -0.2) is 27.5 Å². The van der Waals surface area contributed by atoms with Crippen LogP contribution in [0.2, 0.25) is 0 Å². The van der Waals surface area contributed by atoms with Gasteiger partial charge in [0, 0.05) is 12.1 Å². The lowest BCUT2D eigenvalue weighted by molar-refractivity contribution is 0.0941. The Kier molecular flexibility index (Phi) is 4.78. The minimum absolute atomic E-state index is 0.176. The molecule has 2 aromatic heterocycles. The van der Waals surface area contributed by atoms with Crippen molar-refractivity contribution in [3.63, 3.8) is 0 Å². The highest BCUT2D eigenvalue weighted by Crippen LogP contribution is 2.34. The molecule has 1 atom stereocenters. The number of carbonyl (C=O) groups is 1. The molecule has 1 aliphatic heterocycles. The fourth-order valence-corrected chi connectivity index (χ4v) is 3.76. The van der Waals surface area contributed by atoms with E-state index in [1.807, 2.05) is 68.4 Å². The van der Waals surface area contributed by atoms with Crippen molar-refractivity contribution in [1.82, 2.24) is 20.1 Å². The maximum atomic E-state index is 13.3. The average Bonchev–Trinajstić information content (AvgIpc) is 3.44. The number of nitrogens with zero attached hydrogens (tertiary/aromatic N) is 3. The van der Waals surface area contributed by atoms with Crippen LogP contribution in [0.15, 0.2) is 60.8 Å². The van der Waals surface area contributed by atoms with E-state index in [0.29, 0.717) is 23.5 Å². The van der Waals surface area contributed by atoms with Crippen molar-refractivity contribution in [2.24, 2.45) is 0 Å². The van der Waals surface area contributed by atoms with Gasteiger partial charge in [0.25, 0.3) is 5.91 Å². The van der Waals surface area contributed by atoms with Crippen LogP contribution in [0.4, 0.5) is 0 Å². The van der Waals surface area contributed by atoms with E-state index in [-0.39, 0.29) is 18.7 Å². The number of fused-ring (bicyclic) bond motifs is 2. The van der Waals surface area contributed by atoms with Gasteiger partial charge in [0.2, 0.25) is 6.79 Å². The van der Waals surface area contributed by atoms with E-state index in [1.165, 1.54) is 0 Å². The first kappa shape index (κ1) is 19.1. The summed E-state index contributed by atoms with van der Waals surface area (Å²) in [6.45, 7) is 4.84. The van der Waals surface area contributed by atoms with E-state index in [4.69, 9.17) is 14.5 Å². The van der Waals surface area contributed by atoms with Crippen molar-refractivity contribution >= 4 is 16.9 Å². The van der Waals surface area contributed by atoms with Crippen LogP contribution < -0.4 is 14.8 Å². The second kappa shape index (κ2) is 7.75. The van der Waals surface area contributed by atoms with Crippen LogP contribution >= 0.6 is 0 Å². The highest BCUT2D eigenvalue weighted by atomic mass is 16.7. The van der Waals surface area contributed by atoms with Crippen LogP contribution in [-0.2, 0) is 6.54 Å². The first-order valence-corrected chi connectivity index (χ1v) is 10.3. The summed E-state index contributed by atoms with van der Waals surface area (Å²) in [4.78, 5) is 18.1. The molecule has 7 nitrogen and oxygen atoms in total. The number of hydrogen-bond acceptors (Lipinski definition) is 5. The molecule has 5 rings (SSSR count). The van der Waals surface area contributed by atoms with Crippen LogP contribution in [0.5, 0.6) is 11.5 Å². The van der Waals surface area contributed by atoms with Crippen molar-refractivity contribution in [3.05, 3.63) is 71.9 Å². The Morgan fingerprint density at radius 3 is 2.74 bits per heavy atom. The van der Waals surface area contributed by atoms with Gasteiger partial charge in [-0.3, -0.25) is 4.79 Å². The Balaban J connectivity index is 1.51. The molecule has 0 radical (unpaired) electrons. The summed E-state index contributed by atoms with van der Waals surface area (Å²) < 4.78 is 12.6. The molecule has 1 N–H and O–H groups in total. The van der Waals surface area contributed by atoms with E-state index >= 15 is 0 Å². The molecule has 0 saturated carbocycles. The van der Waals surface area contributed by atoms with E-state index < -0.39 is 0 Å².